The lowest BCUT2D eigenvalue weighted by atomic mass is 10.2. The van der Waals surface area contributed by atoms with Crippen LogP contribution in [0.25, 0.3) is 0 Å². The average Bonchev–Trinajstić information content (AvgIpc) is 2.69. The number of methoxy groups -OCH3 is 1. The number of anilines is 2. The topological polar surface area (TPSA) is 44.8 Å². The lowest BCUT2D eigenvalue weighted by Crippen LogP contribution is -2.48. The number of alkyl halides is 3. The monoisotopic (exact) mass is 427 g/mol. The molecular formula is C20H21ClF3N3O2. The van der Waals surface area contributed by atoms with Crippen LogP contribution in [0.3, 0.4) is 0 Å². The molecule has 2 aromatic rings. The molecule has 0 aliphatic carbocycles. The van der Waals surface area contributed by atoms with Crippen LogP contribution in [-0.4, -0.2) is 50.6 Å². The van der Waals surface area contributed by atoms with Crippen LogP contribution >= 0.6 is 11.6 Å². The number of ether oxygens (including phenoxy) is 1. The van der Waals surface area contributed by atoms with Gasteiger partial charge in [-0.05, 0) is 42.5 Å². The van der Waals surface area contributed by atoms with Gasteiger partial charge < -0.3 is 15.0 Å². The molecule has 156 valence electrons. The molecule has 1 heterocycles. The van der Waals surface area contributed by atoms with Gasteiger partial charge in [0.05, 0.1) is 24.2 Å². The molecule has 0 spiro atoms. The van der Waals surface area contributed by atoms with Crippen LogP contribution in [-0.2, 0) is 11.0 Å². The highest BCUT2D eigenvalue weighted by molar-refractivity contribution is 6.31. The van der Waals surface area contributed by atoms with Crippen LogP contribution in [0.1, 0.15) is 5.56 Å². The number of hydrogen-bond donors (Lipinski definition) is 1. The van der Waals surface area contributed by atoms with Gasteiger partial charge in [0.15, 0.2) is 0 Å². The van der Waals surface area contributed by atoms with Crippen LogP contribution in [0.4, 0.5) is 24.5 Å². The van der Waals surface area contributed by atoms with E-state index in [9.17, 15) is 18.0 Å². The summed E-state index contributed by atoms with van der Waals surface area (Å²) in [7, 11) is 1.62. The predicted octanol–water partition coefficient (Wildman–Crippen LogP) is 4.13. The van der Waals surface area contributed by atoms with Crippen molar-refractivity contribution in [3.8, 4) is 5.75 Å². The number of carbonyl (C=O) groups excluding carboxylic acids is 1. The van der Waals surface area contributed by atoms with E-state index in [4.69, 9.17) is 16.3 Å². The molecule has 0 bridgehead atoms. The zero-order valence-electron chi connectivity index (χ0n) is 15.8. The number of rotatable bonds is 5. The Balaban J connectivity index is 1.52. The lowest BCUT2D eigenvalue weighted by molar-refractivity contribution is -0.137. The second-order valence-corrected chi connectivity index (χ2v) is 7.11. The summed E-state index contributed by atoms with van der Waals surface area (Å²) in [6, 6.07) is 11.1. The van der Waals surface area contributed by atoms with Crippen LogP contribution in [0.2, 0.25) is 5.02 Å². The van der Waals surface area contributed by atoms with Crippen molar-refractivity contribution in [3.63, 3.8) is 0 Å². The molecule has 0 aromatic heterocycles. The third kappa shape index (κ3) is 5.55. The Bertz CT molecular complexity index is 851. The van der Waals surface area contributed by atoms with Crippen LogP contribution in [0.5, 0.6) is 5.75 Å². The molecule has 29 heavy (non-hydrogen) atoms. The highest BCUT2D eigenvalue weighted by Gasteiger charge is 2.33. The molecule has 3 rings (SSSR count). The molecule has 1 fully saturated rings. The average molecular weight is 428 g/mol. The molecule has 1 aliphatic rings. The fourth-order valence-electron chi connectivity index (χ4n) is 3.18. The first-order valence-corrected chi connectivity index (χ1v) is 9.42. The zero-order chi connectivity index (χ0) is 21.0. The first-order valence-electron chi connectivity index (χ1n) is 9.04. The minimum atomic E-state index is -4.57. The SMILES string of the molecule is COc1ccc(N2CCN(CC(=O)Nc3ccc(Cl)c(C(F)(F)F)c3)CC2)cc1. The Morgan fingerprint density at radius 2 is 1.76 bits per heavy atom. The van der Waals surface area contributed by atoms with E-state index >= 15 is 0 Å². The Morgan fingerprint density at radius 1 is 1.10 bits per heavy atom. The molecule has 9 heteroatoms. The van der Waals surface area contributed by atoms with E-state index in [2.05, 4.69) is 10.2 Å². The summed E-state index contributed by atoms with van der Waals surface area (Å²) in [5, 5.41) is 2.12. The Hall–Kier alpha value is -2.45. The van der Waals surface area contributed by atoms with Crippen molar-refractivity contribution < 1.29 is 22.7 Å². The van der Waals surface area contributed by atoms with Gasteiger partial charge in [-0.15, -0.1) is 0 Å². The van der Waals surface area contributed by atoms with Crippen molar-refractivity contribution in [2.75, 3.05) is 50.1 Å². The Morgan fingerprint density at radius 3 is 2.34 bits per heavy atom. The predicted molar refractivity (Wildman–Crippen MR) is 107 cm³/mol. The van der Waals surface area contributed by atoms with Gasteiger partial charge in [-0.2, -0.15) is 13.2 Å². The van der Waals surface area contributed by atoms with Crippen molar-refractivity contribution >= 4 is 28.9 Å². The van der Waals surface area contributed by atoms with Crippen molar-refractivity contribution in [2.45, 2.75) is 6.18 Å². The largest absolute Gasteiger partial charge is 0.497 e. The van der Waals surface area contributed by atoms with Gasteiger partial charge in [-0.1, -0.05) is 11.6 Å². The minimum absolute atomic E-state index is 0.0728. The van der Waals surface area contributed by atoms with E-state index in [1.165, 1.54) is 6.07 Å². The summed E-state index contributed by atoms with van der Waals surface area (Å²) in [6.07, 6.45) is -4.57. The van der Waals surface area contributed by atoms with Gasteiger partial charge in [0.2, 0.25) is 5.91 Å². The first kappa shape index (κ1) is 21.3. The summed E-state index contributed by atoms with van der Waals surface area (Å²) in [5.41, 5.74) is 0.185. The maximum atomic E-state index is 12.9. The zero-order valence-corrected chi connectivity index (χ0v) is 16.6. The Labute approximate surface area is 172 Å². The number of hydrogen-bond acceptors (Lipinski definition) is 4. The normalized spacial score (nSPS) is 15.3. The van der Waals surface area contributed by atoms with Crippen LogP contribution in [0.15, 0.2) is 42.5 Å². The molecule has 1 aliphatic heterocycles. The minimum Gasteiger partial charge on any atom is -0.497 e. The van der Waals surface area contributed by atoms with E-state index in [-0.39, 0.29) is 18.1 Å². The number of carbonyl (C=O) groups is 1. The van der Waals surface area contributed by atoms with Gasteiger partial charge in [-0.3, -0.25) is 9.69 Å². The van der Waals surface area contributed by atoms with Gasteiger partial charge in [0, 0.05) is 37.6 Å². The molecule has 0 radical (unpaired) electrons. The lowest BCUT2D eigenvalue weighted by Gasteiger charge is -2.35. The number of halogens is 4. The summed E-state index contributed by atoms with van der Waals surface area (Å²) in [5.74, 6) is 0.429. The van der Waals surface area contributed by atoms with Crippen molar-refractivity contribution in [3.05, 3.63) is 53.1 Å². The third-order valence-electron chi connectivity index (χ3n) is 4.73. The van der Waals surface area contributed by atoms with Crippen molar-refractivity contribution in [1.29, 1.82) is 0 Å². The van der Waals surface area contributed by atoms with Gasteiger partial charge in [0.1, 0.15) is 5.75 Å². The molecule has 0 unspecified atom stereocenters. The van der Waals surface area contributed by atoms with Crippen molar-refractivity contribution in [1.82, 2.24) is 4.90 Å². The highest BCUT2D eigenvalue weighted by Crippen LogP contribution is 2.36. The molecule has 1 amide bonds. The van der Waals surface area contributed by atoms with Gasteiger partial charge in [0.25, 0.3) is 0 Å². The van der Waals surface area contributed by atoms with E-state index in [0.717, 1.165) is 36.7 Å². The molecule has 0 saturated carbocycles. The molecule has 1 saturated heterocycles. The number of amides is 1. The molecule has 0 atom stereocenters. The second kappa shape index (κ2) is 8.92. The maximum Gasteiger partial charge on any atom is 0.417 e. The second-order valence-electron chi connectivity index (χ2n) is 6.70. The maximum absolute atomic E-state index is 12.9. The fourth-order valence-corrected chi connectivity index (χ4v) is 3.41. The first-order chi connectivity index (χ1) is 13.8. The smallest absolute Gasteiger partial charge is 0.417 e. The van der Waals surface area contributed by atoms with Gasteiger partial charge >= 0.3 is 6.18 Å². The quantitative estimate of drug-likeness (QED) is 0.779. The van der Waals surface area contributed by atoms with E-state index < -0.39 is 16.8 Å². The van der Waals surface area contributed by atoms with Crippen LogP contribution in [0, 0.1) is 0 Å². The molecule has 2 aromatic carbocycles. The summed E-state index contributed by atoms with van der Waals surface area (Å²) >= 11 is 5.60. The number of nitrogens with one attached hydrogen (secondary N) is 1. The fraction of sp³-hybridized carbons (Fsp3) is 0.350. The highest BCUT2D eigenvalue weighted by atomic mass is 35.5. The van der Waals surface area contributed by atoms with E-state index in [0.29, 0.717) is 13.1 Å². The third-order valence-corrected chi connectivity index (χ3v) is 5.06. The molecular weight excluding hydrogens is 407 g/mol. The number of benzene rings is 2. The summed E-state index contributed by atoms with van der Waals surface area (Å²) in [4.78, 5) is 16.4. The Kier molecular flexibility index (Phi) is 6.54. The summed E-state index contributed by atoms with van der Waals surface area (Å²) < 4.78 is 44.0. The summed E-state index contributed by atoms with van der Waals surface area (Å²) in [6.45, 7) is 2.96. The van der Waals surface area contributed by atoms with Gasteiger partial charge in [-0.25, -0.2) is 0 Å². The molecule has 5 nitrogen and oxygen atoms in total. The standard InChI is InChI=1S/C20H21ClF3N3O2/c1-29-16-5-3-15(4-6-16)27-10-8-26(9-11-27)13-19(28)25-14-2-7-18(21)17(12-14)20(22,23)24/h2-7,12H,8-11,13H2,1H3,(H,25,28). The number of nitrogens with zero attached hydrogens (tertiary/aromatic N) is 2. The van der Waals surface area contributed by atoms with E-state index in [1.54, 1.807) is 7.11 Å². The van der Waals surface area contributed by atoms with Crippen LogP contribution < -0.4 is 15.0 Å². The number of piperazine rings is 1. The molecule has 1 N–H and O–H groups in total. The van der Waals surface area contributed by atoms with Crippen molar-refractivity contribution in [2.24, 2.45) is 0 Å². The van der Waals surface area contributed by atoms with E-state index in [1.807, 2.05) is 29.2 Å².